The fourth-order valence-electron chi connectivity index (χ4n) is 3.34. The van der Waals surface area contributed by atoms with Gasteiger partial charge in [0.1, 0.15) is 5.75 Å². The number of methoxy groups -OCH3 is 1. The average Bonchev–Trinajstić information content (AvgIpc) is 3.30. The van der Waals surface area contributed by atoms with Crippen molar-refractivity contribution in [2.75, 3.05) is 13.7 Å². The van der Waals surface area contributed by atoms with Crippen LogP contribution in [0.1, 0.15) is 44.6 Å². The molecule has 1 aromatic carbocycles. The Morgan fingerprint density at radius 1 is 1.14 bits per heavy atom. The van der Waals surface area contributed by atoms with Crippen molar-refractivity contribution in [3.63, 3.8) is 0 Å². The lowest BCUT2D eigenvalue weighted by atomic mass is 9.93. The Labute approximate surface area is 131 Å². The van der Waals surface area contributed by atoms with Crippen LogP contribution in [0.2, 0.25) is 0 Å². The van der Waals surface area contributed by atoms with Crippen molar-refractivity contribution in [1.82, 2.24) is 9.78 Å². The van der Waals surface area contributed by atoms with Gasteiger partial charge in [-0.2, -0.15) is 5.10 Å². The van der Waals surface area contributed by atoms with Gasteiger partial charge in [0.15, 0.2) is 0 Å². The Kier molecular flexibility index (Phi) is 3.78. The summed E-state index contributed by atoms with van der Waals surface area (Å²) in [5.74, 6) is 1.73. The molecule has 118 valence electrons. The summed E-state index contributed by atoms with van der Waals surface area (Å²) in [7, 11) is 1.82. The molecule has 2 fully saturated rings. The summed E-state index contributed by atoms with van der Waals surface area (Å²) < 4.78 is 13.5. The minimum Gasteiger partial charge on any atom is -0.493 e. The molecular weight excluding hydrogens is 276 g/mol. The van der Waals surface area contributed by atoms with Gasteiger partial charge in [-0.1, -0.05) is 0 Å². The number of hydrogen-bond acceptors (Lipinski definition) is 3. The normalized spacial score (nSPS) is 25.5. The summed E-state index contributed by atoms with van der Waals surface area (Å²) in [6.45, 7) is 0.854. The number of fused-ring (bicyclic) bond motifs is 1. The maximum Gasteiger partial charge on any atom is 0.121 e. The van der Waals surface area contributed by atoms with Crippen molar-refractivity contribution in [3.05, 3.63) is 24.4 Å². The highest BCUT2D eigenvalue weighted by Crippen LogP contribution is 2.32. The van der Waals surface area contributed by atoms with Crippen molar-refractivity contribution in [2.24, 2.45) is 5.92 Å². The van der Waals surface area contributed by atoms with E-state index in [1.807, 2.05) is 7.11 Å². The SMILES string of the molecule is COC1CCC(n2cc3ccc(OCC4CC4)cc3n2)CC1. The number of aromatic nitrogens is 2. The van der Waals surface area contributed by atoms with Crippen LogP contribution >= 0.6 is 0 Å². The molecule has 0 unspecified atom stereocenters. The molecule has 0 amide bonds. The van der Waals surface area contributed by atoms with Crippen LogP contribution in [0.3, 0.4) is 0 Å². The highest BCUT2D eigenvalue weighted by atomic mass is 16.5. The van der Waals surface area contributed by atoms with Gasteiger partial charge < -0.3 is 9.47 Å². The molecule has 22 heavy (non-hydrogen) atoms. The van der Waals surface area contributed by atoms with Crippen LogP contribution in [-0.2, 0) is 4.74 Å². The molecule has 0 aliphatic heterocycles. The van der Waals surface area contributed by atoms with E-state index in [0.29, 0.717) is 12.1 Å². The maximum atomic E-state index is 5.86. The fraction of sp³-hybridized carbons (Fsp3) is 0.611. The van der Waals surface area contributed by atoms with Gasteiger partial charge in [-0.05, 0) is 56.6 Å². The minimum absolute atomic E-state index is 0.434. The summed E-state index contributed by atoms with van der Waals surface area (Å²) in [6.07, 6.45) is 9.82. The van der Waals surface area contributed by atoms with E-state index in [9.17, 15) is 0 Å². The molecular formula is C18H24N2O2. The number of benzene rings is 1. The Morgan fingerprint density at radius 3 is 2.68 bits per heavy atom. The average molecular weight is 300 g/mol. The molecule has 0 atom stereocenters. The van der Waals surface area contributed by atoms with Gasteiger partial charge in [0, 0.05) is 24.8 Å². The molecule has 0 bridgehead atoms. The van der Waals surface area contributed by atoms with E-state index < -0.39 is 0 Å². The quantitative estimate of drug-likeness (QED) is 0.838. The first-order chi connectivity index (χ1) is 10.8. The van der Waals surface area contributed by atoms with Gasteiger partial charge in [0.2, 0.25) is 0 Å². The van der Waals surface area contributed by atoms with Crippen LogP contribution in [0.5, 0.6) is 5.75 Å². The van der Waals surface area contributed by atoms with Crippen molar-refractivity contribution in [1.29, 1.82) is 0 Å². The third-order valence-electron chi connectivity index (χ3n) is 5.03. The molecule has 0 radical (unpaired) electrons. The molecule has 0 spiro atoms. The first-order valence-corrected chi connectivity index (χ1v) is 8.46. The van der Waals surface area contributed by atoms with E-state index in [2.05, 4.69) is 29.1 Å². The molecule has 0 saturated heterocycles. The third-order valence-corrected chi connectivity index (χ3v) is 5.03. The number of rotatable bonds is 5. The van der Waals surface area contributed by atoms with Crippen LogP contribution in [0.15, 0.2) is 24.4 Å². The van der Waals surface area contributed by atoms with Crippen LogP contribution < -0.4 is 4.74 Å². The Hall–Kier alpha value is -1.55. The Bertz CT molecular complexity index is 640. The van der Waals surface area contributed by atoms with Crippen LogP contribution in [-0.4, -0.2) is 29.6 Å². The number of ether oxygens (including phenoxy) is 2. The first-order valence-electron chi connectivity index (χ1n) is 8.46. The molecule has 4 heteroatoms. The highest BCUT2D eigenvalue weighted by Gasteiger charge is 2.23. The van der Waals surface area contributed by atoms with Crippen molar-refractivity contribution >= 4 is 10.9 Å². The molecule has 4 nitrogen and oxygen atoms in total. The maximum absolute atomic E-state index is 5.86. The second-order valence-corrected chi connectivity index (χ2v) is 6.75. The van der Waals surface area contributed by atoms with E-state index in [-0.39, 0.29) is 0 Å². The third kappa shape index (κ3) is 2.98. The molecule has 1 aromatic heterocycles. The topological polar surface area (TPSA) is 36.3 Å². The van der Waals surface area contributed by atoms with Gasteiger partial charge in [0.05, 0.1) is 24.3 Å². The molecule has 4 rings (SSSR count). The lowest BCUT2D eigenvalue weighted by Gasteiger charge is -2.27. The number of hydrogen-bond donors (Lipinski definition) is 0. The van der Waals surface area contributed by atoms with Crippen molar-refractivity contribution < 1.29 is 9.47 Å². The van der Waals surface area contributed by atoms with Crippen molar-refractivity contribution in [3.8, 4) is 5.75 Å². The summed E-state index contributed by atoms with van der Waals surface area (Å²) in [5.41, 5.74) is 1.04. The first kappa shape index (κ1) is 14.1. The second-order valence-electron chi connectivity index (χ2n) is 6.75. The predicted molar refractivity (Wildman–Crippen MR) is 86.3 cm³/mol. The standard InChI is InChI=1S/C18H24N2O2/c1-21-16-8-5-15(6-9-16)20-11-14-4-7-17(10-18(14)19-20)22-12-13-2-3-13/h4,7,10-11,13,15-16H,2-3,5-6,8-9,12H2,1H3. The second kappa shape index (κ2) is 5.92. The van der Waals surface area contributed by atoms with E-state index in [0.717, 1.165) is 49.5 Å². The van der Waals surface area contributed by atoms with E-state index >= 15 is 0 Å². The Balaban J connectivity index is 1.47. The summed E-state index contributed by atoms with van der Waals surface area (Å²) in [6, 6.07) is 6.78. The molecule has 2 saturated carbocycles. The molecule has 2 aliphatic carbocycles. The fourth-order valence-corrected chi connectivity index (χ4v) is 3.34. The van der Waals surface area contributed by atoms with E-state index in [4.69, 9.17) is 14.6 Å². The van der Waals surface area contributed by atoms with Gasteiger partial charge in [-0.15, -0.1) is 0 Å². The minimum atomic E-state index is 0.434. The zero-order valence-corrected chi connectivity index (χ0v) is 13.2. The predicted octanol–water partition coefficient (Wildman–Crippen LogP) is 3.96. The van der Waals surface area contributed by atoms with Gasteiger partial charge >= 0.3 is 0 Å². The van der Waals surface area contributed by atoms with Gasteiger partial charge in [0.25, 0.3) is 0 Å². The van der Waals surface area contributed by atoms with Crippen molar-refractivity contribution in [2.45, 2.75) is 50.7 Å². The highest BCUT2D eigenvalue weighted by molar-refractivity contribution is 5.79. The van der Waals surface area contributed by atoms with Crippen LogP contribution in [0, 0.1) is 5.92 Å². The number of nitrogens with zero attached hydrogens (tertiary/aromatic N) is 2. The van der Waals surface area contributed by atoms with E-state index in [1.54, 1.807) is 0 Å². The Morgan fingerprint density at radius 2 is 1.95 bits per heavy atom. The lowest BCUT2D eigenvalue weighted by molar-refractivity contribution is 0.0569. The summed E-state index contributed by atoms with van der Waals surface area (Å²) in [5, 5.41) is 5.99. The monoisotopic (exact) mass is 300 g/mol. The molecule has 1 heterocycles. The summed E-state index contributed by atoms with van der Waals surface area (Å²) >= 11 is 0. The van der Waals surface area contributed by atoms with Crippen LogP contribution in [0.25, 0.3) is 10.9 Å². The zero-order chi connectivity index (χ0) is 14.9. The molecule has 0 N–H and O–H groups in total. The largest absolute Gasteiger partial charge is 0.493 e. The van der Waals surface area contributed by atoms with Gasteiger partial charge in [-0.3, -0.25) is 4.68 Å². The lowest BCUT2D eigenvalue weighted by Crippen LogP contribution is -2.22. The smallest absolute Gasteiger partial charge is 0.121 e. The van der Waals surface area contributed by atoms with Gasteiger partial charge in [-0.25, -0.2) is 0 Å². The van der Waals surface area contributed by atoms with E-state index in [1.165, 1.54) is 18.2 Å². The molecule has 2 aliphatic rings. The summed E-state index contributed by atoms with van der Waals surface area (Å²) in [4.78, 5) is 0. The molecule has 2 aromatic rings. The van der Waals surface area contributed by atoms with Crippen LogP contribution in [0.4, 0.5) is 0 Å². The zero-order valence-electron chi connectivity index (χ0n) is 13.2.